The maximum absolute atomic E-state index is 13.2. The van der Waals surface area contributed by atoms with Gasteiger partial charge in [-0.2, -0.15) is 0 Å². The molecule has 1 amide bonds. The minimum atomic E-state index is -1.10. The molecule has 0 bridgehead atoms. The van der Waals surface area contributed by atoms with E-state index < -0.39 is 5.60 Å². The summed E-state index contributed by atoms with van der Waals surface area (Å²) in [6.07, 6.45) is 0.462. The number of amides is 1. The lowest BCUT2D eigenvalue weighted by molar-refractivity contribution is -0.130. The standard InChI is InChI=1S/C25H19NO2/c27-24-25(17-18-8-2-1-3-9-18,22-12-6-7-13-23(22)26-24)28-21-15-14-19-10-4-5-11-20(19)16-21/h1-16H,17H2,(H,26,27)/t25-/m1/s1. The Kier molecular flexibility index (Phi) is 3.87. The highest BCUT2D eigenvalue weighted by molar-refractivity contribution is 6.05. The van der Waals surface area contributed by atoms with Crippen molar-refractivity contribution in [2.24, 2.45) is 0 Å². The average Bonchev–Trinajstić information content (AvgIpc) is 3.00. The molecule has 0 saturated heterocycles. The molecule has 4 aromatic rings. The molecule has 0 spiro atoms. The number of ether oxygens (including phenoxy) is 1. The fourth-order valence-electron chi connectivity index (χ4n) is 3.92. The van der Waals surface area contributed by atoms with Crippen LogP contribution in [0.5, 0.6) is 5.75 Å². The Morgan fingerprint density at radius 1 is 0.750 bits per heavy atom. The molecule has 1 aliphatic heterocycles. The van der Waals surface area contributed by atoms with Crippen LogP contribution in [0.3, 0.4) is 0 Å². The van der Waals surface area contributed by atoms with E-state index in [1.165, 1.54) is 0 Å². The summed E-state index contributed by atoms with van der Waals surface area (Å²) in [4.78, 5) is 13.2. The SMILES string of the molecule is O=C1Nc2ccccc2[C@@]1(Cc1ccccc1)Oc1ccc2ccccc2c1. The quantitative estimate of drug-likeness (QED) is 0.532. The summed E-state index contributed by atoms with van der Waals surface area (Å²) in [7, 11) is 0. The van der Waals surface area contributed by atoms with Crippen molar-refractivity contribution in [3.63, 3.8) is 0 Å². The van der Waals surface area contributed by atoms with E-state index in [0.717, 1.165) is 27.6 Å². The number of anilines is 1. The molecular formula is C25H19NO2. The molecule has 3 heteroatoms. The summed E-state index contributed by atoms with van der Waals surface area (Å²) in [5.41, 5.74) is 1.64. The van der Waals surface area contributed by atoms with Gasteiger partial charge in [-0.3, -0.25) is 4.79 Å². The van der Waals surface area contributed by atoms with Crippen LogP contribution < -0.4 is 10.1 Å². The van der Waals surface area contributed by atoms with E-state index in [1.807, 2.05) is 84.9 Å². The Morgan fingerprint density at radius 2 is 1.46 bits per heavy atom. The molecule has 0 fully saturated rings. The highest BCUT2D eigenvalue weighted by atomic mass is 16.5. The highest BCUT2D eigenvalue weighted by Crippen LogP contribution is 2.42. The van der Waals surface area contributed by atoms with Gasteiger partial charge in [-0.1, -0.05) is 78.9 Å². The number of para-hydroxylation sites is 1. The van der Waals surface area contributed by atoms with Crippen molar-refractivity contribution in [1.82, 2.24) is 0 Å². The third-order valence-corrected chi connectivity index (χ3v) is 5.29. The number of rotatable bonds is 4. The van der Waals surface area contributed by atoms with Crippen molar-refractivity contribution in [2.75, 3.05) is 5.32 Å². The van der Waals surface area contributed by atoms with Gasteiger partial charge in [-0.25, -0.2) is 0 Å². The molecule has 1 aliphatic rings. The minimum absolute atomic E-state index is 0.134. The molecule has 0 aliphatic carbocycles. The van der Waals surface area contributed by atoms with Crippen LogP contribution >= 0.6 is 0 Å². The van der Waals surface area contributed by atoms with E-state index >= 15 is 0 Å². The third kappa shape index (κ3) is 2.72. The monoisotopic (exact) mass is 365 g/mol. The van der Waals surface area contributed by atoms with Gasteiger partial charge in [0.05, 0.1) is 0 Å². The molecule has 1 atom stereocenters. The fraction of sp³-hybridized carbons (Fsp3) is 0.0800. The number of benzene rings is 4. The molecule has 5 rings (SSSR count). The maximum Gasteiger partial charge on any atom is 0.273 e. The van der Waals surface area contributed by atoms with Crippen molar-refractivity contribution in [3.05, 3.63) is 108 Å². The summed E-state index contributed by atoms with van der Waals surface area (Å²) in [5, 5.41) is 5.23. The predicted octanol–water partition coefficient (Wildman–Crippen LogP) is 5.31. The smallest absolute Gasteiger partial charge is 0.273 e. The first-order chi connectivity index (χ1) is 13.7. The topological polar surface area (TPSA) is 38.3 Å². The molecule has 1 N–H and O–H groups in total. The molecule has 1 heterocycles. The Morgan fingerprint density at radius 3 is 2.32 bits per heavy atom. The largest absolute Gasteiger partial charge is 0.472 e. The number of carbonyl (C=O) groups excluding carboxylic acids is 1. The van der Waals surface area contributed by atoms with Crippen LogP contribution in [0.4, 0.5) is 5.69 Å². The van der Waals surface area contributed by atoms with Crippen molar-refractivity contribution in [2.45, 2.75) is 12.0 Å². The van der Waals surface area contributed by atoms with E-state index in [-0.39, 0.29) is 5.91 Å². The Hall–Kier alpha value is -3.59. The number of carbonyl (C=O) groups is 1. The lowest BCUT2D eigenvalue weighted by Gasteiger charge is -2.29. The van der Waals surface area contributed by atoms with Crippen molar-refractivity contribution >= 4 is 22.4 Å². The molecule has 0 radical (unpaired) electrons. The van der Waals surface area contributed by atoms with Gasteiger partial charge in [0, 0.05) is 17.7 Å². The molecule has 28 heavy (non-hydrogen) atoms. The summed E-state index contributed by atoms with van der Waals surface area (Å²) in [6.45, 7) is 0. The Bertz CT molecular complexity index is 1170. The normalized spacial score (nSPS) is 17.9. The Balaban J connectivity index is 1.63. The van der Waals surface area contributed by atoms with Crippen LogP contribution in [0.15, 0.2) is 97.1 Å². The molecule has 4 aromatic carbocycles. The molecule has 0 saturated carbocycles. The summed E-state index contributed by atoms with van der Waals surface area (Å²) in [5.74, 6) is 0.548. The lowest BCUT2D eigenvalue weighted by Crippen LogP contribution is -2.42. The third-order valence-electron chi connectivity index (χ3n) is 5.29. The van der Waals surface area contributed by atoms with E-state index in [2.05, 4.69) is 17.4 Å². The van der Waals surface area contributed by atoms with E-state index in [1.54, 1.807) is 0 Å². The van der Waals surface area contributed by atoms with Gasteiger partial charge >= 0.3 is 0 Å². The summed E-state index contributed by atoms with van der Waals surface area (Å²) < 4.78 is 6.50. The van der Waals surface area contributed by atoms with Crippen molar-refractivity contribution < 1.29 is 9.53 Å². The van der Waals surface area contributed by atoms with Gasteiger partial charge in [-0.15, -0.1) is 0 Å². The van der Waals surface area contributed by atoms with Gasteiger partial charge < -0.3 is 10.1 Å². The van der Waals surface area contributed by atoms with Crippen LogP contribution in [0.2, 0.25) is 0 Å². The van der Waals surface area contributed by atoms with E-state index in [4.69, 9.17) is 4.74 Å². The van der Waals surface area contributed by atoms with Gasteiger partial charge in [0.15, 0.2) is 0 Å². The van der Waals surface area contributed by atoms with E-state index in [9.17, 15) is 4.79 Å². The first-order valence-corrected chi connectivity index (χ1v) is 9.37. The van der Waals surface area contributed by atoms with Crippen molar-refractivity contribution in [3.8, 4) is 5.75 Å². The average molecular weight is 365 g/mol. The molecule has 0 aromatic heterocycles. The lowest BCUT2D eigenvalue weighted by atomic mass is 9.88. The van der Waals surface area contributed by atoms with E-state index in [0.29, 0.717) is 12.2 Å². The predicted molar refractivity (Wildman–Crippen MR) is 111 cm³/mol. The van der Waals surface area contributed by atoms with Crippen LogP contribution in [-0.2, 0) is 16.8 Å². The number of fused-ring (bicyclic) bond motifs is 2. The summed E-state index contributed by atoms with van der Waals surface area (Å²) >= 11 is 0. The fourth-order valence-corrected chi connectivity index (χ4v) is 3.92. The van der Waals surface area contributed by atoms with Crippen LogP contribution in [-0.4, -0.2) is 5.91 Å². The zero-order valence-electron chi connectivity index (χ0n) is 15.3. The van der Waals surface area contributed by atoms with Crippen molar-refractivity contribution in [1.29, 1.82) is 0 Å². The van der Waals surface area contributed by atoms with Gasteiger partial charge in [0.1, 0.15) is 5.75 Å². The summed E-state index contributed by atoms with van der Waals surface area (Å²) in [6, 6.07) is 31.9. The number of hydrogen-bond acceptors (Lipinski definition) is 2. The van der Waals surface area contributed by atoms with Crippen LogP contribution in [0.1, 0.15) is 11.1 Å². The second-order valence-corrected chi connectivity index (χ2v) is 7.10. The van der Waals surface area contributed by atoms with Crippen LogP contribution in [0, 0.1) is 0 Å². The van der Waals surface area contributed by atoms with Gasteiger partial charge in [0.2, 0.25) is 5.60 Å². The zero-order chi connectivity index (χ0) is 19.0. The number of nitrogens with one attached hydrogen (secondary N) is 1. The molecule has 136 valence electrons. The Labute approximate surface area is 163 Å². The zero-order valence-corrected chi connectivity index (χ0v) is 15.3. The second kappa shape index (κ2) is 6.54. The first-order valence-electron chi connectivity index (χ1n) is 9.37. The second-order valence-electron chi connectivity index (χ2n) is 7.10. The first kappa shape index (κ1) is 16.6. The molecule has 0 unspecified atom stereocenters. The van der Waals surface area contributed by atoms with Gasteiger partial charge in [-0.05, 0) is 34.5 Å². The maximum atomic E-state index is 13.2. The van der Waals surface area contributed by atoms with Gasteiger partial charge in [0.25, 0.3) is 5.91 Å². The number of hydrogen-bond donors (Lipinski definition) is 1. The highest BCUT2D eigenvalue weighted by Gasteiger charge is 2.49. The molecule has 3 nitrogen and oxygen atoms in total. The van der Waals surface area contributed by atoms with Crippen LogP contribution in [0.25, 0.3) is 10.8 Å². The molecular weight excluding hydrogens is 346 g/mol. The minimum Gasteiger partial charge on any atom is -0.472 e.